The van der Waals surface area contributed by atoms with Gasteiger partial charge in [0.25, 0.3) is 0 Å². The van der Waals surface area contributed by atoms with Crippen molar-refractivity contribution in [3.63, 3.8) is 0 Å². The van der Waals surface area contributed by atoms with Gasteiger partial charge in [0.1, 0.15) is 17.4 Å². The lowest BCUT2D eigenvalue weighted by molar-refractivity contribution is -0.121. The summed E-state index contributed by atoms with van der Waals surface area (Å²) in [5, 5.41) is 4.10. The summed E-state index contributed by atoms with van der Waals surface area (Å²) >= 11 is 6.26. The lowest BCUT2D eigenvalue weighted by Crippen LogP contribution is -2.40. The predicted octanol–water partition coefficient (Wildman–Crippen LogP) is 5.60. The van der Waals surface area contributed by atoms with Gasteiger partial charge in [-0.2, -0.15) is 5.10 Å². The predicted molar refractivity (Wildman–Crippen MR) is 122 cm³/mol. The van der Waals surface area contributed by atoms with Gasteiger partial charge in [-0.1, -0.05) is 45.4 Å². The number of carbonyl (C=O) groups is 1. The largest absolute Gasteiger partial charge is 0.488 e. The molecule has 0 bridgehead atoms. The Morgan fingerprint density at radius 3 is 2.57 bits per heavy atom. The Hall–Kier alpha value is -1.70. The van der Waals surface area contributed by atoms with Gasteiger partial charge in [0.05, 0.1) is 12.3 Å². The zero-order valence-electron chi connectivity index (χ0n) is 18.9. The van der Waals surface area contributed by atoms with Gasteiger partial charge in [-0.15, -0.1) is 0 Å². The molecule has 1 unspecified atom stereocenters. The van der Waals surface area contributed by atoms with E-state index in [2.05, 4.69) is 44.4 Å². The van der Waals surface area contributed by atoms with Crippen molar-refractivity contribution in [1.82, 2.24) is 5.43 Å². The fourth-order valence-electron chi connectivity index (χ4n) is 2.82. The van der Waals surface area contributed by atoms with Gasteiger partial charge in [0.2, 0.25) is 5.91 Å². The van der Waals surface area contributed by atoms with E-state index in [1.54, 1.807) is 13.0 Å². The highest BCUT2D eigenvalue weighted by Crippen LogP contribution is 2.37. The maximum atomic E-state index is 14.9. The molecule has 1 aliphatic rings. The number of carbonyl (C=O) groups excluding carboxylic acids is 1. The first-order valence-electron chi connectivity index (χ1n) is 10.1. The van der Waals surface area contributed by atoms with Gasteiger partial charge in [0.15, 0.2) is 14.1 Å². The van der Waals surface area contributed by atoms with Gasteiger partial charge in [-0.25, -0.2) is 9.82 Å². The molecule has 30 heavy (non-hydrogen) atoms. The quantitative estimate of drug-likeness (QED) is 0.430. The van der Waals surface area contributed by atoms with Crippen LogP contribution in [0, 0.1) is 18.7 Å². The van der Waals surface area contributed by atoms with Gasteiger partial charge in [-0.05, 0) is 42.8 Å². The smallest absolute Gasteiger partial charge is 0.240 e. The lowest BCUT2D eigenvalue weighted by atomic mass is 9.92. The van der Waals surface area contributed by atoms with Crippen LogP contribution in [0.4, 0.5) is 4.39 Å². The topological polar surface area (TPSA) is 59.9 Å². The van der Waals surface area contributed by atoms with E-state index in [9.17, 15) is 9.18 Å². The van der Waals surface area contributed by atoms with Crippen molar-refractivity contribution in [2.75, 3.05) is 13.2 Å². The molecule has 1 N–H and O–H groups in total. The van der Waals surface area contributed by atoms with Gasteiger partial charge in [0, 0.05) is 17.9 Å². The third-order valence-electron chi connectivity index (χ3n) is 5.72. The van der Waals surface area contributed by atoms with Crippen LogP contribution < -0.4 is 10.2 Å². The van der Waals surface area contributed by atoms with E-state index in [0.29, 0.717) is 23.6 Å². The molecule has 0 aromatic heterocycles. The second-order valence-corrected chi connectivity index (χ2v) is 14.4. The fourth-order valence-corrected chi connectivity index (χ4v) is 4.07. The minimum atomic E-state index is -1.79. The molecule has 0 aliphatic carbocycles. The highest BCUT2D eigenvalue weighted by atomic mass is 35.5. The Balaban J connectivity index is 2.04. The molecule has 8 heteroatoms. The fraction of sp³-hybridized carbons (Fsp3) is 0.545. The Morgan fingerprint density at radius 2 is 1.97 bits per heavy atom. The molecular formula is C22H32ClFN2O3Si. The number of hydrogen-bond acceptors (Lipinski definition) is 4. The summed E-state index contributed by atoms with van der Waals surface area (Å²) in [5.74, 6) is -0.664. The molecule has 0 radical (unpaired) electrons. The lowest BCUT2D eigenvalue weighted by Gasteiger charge is -2.35. The van der Waals surface area contributed by atoms with Crippen LogP contribution in [0.5, 0.6) is 5.75 Å². The van der Waals surface area contributed by atoms with Crippen molar-refractivity contribution in [2.45, 2.75) is 59.2 Å². The molecule has 0 saturated carbocycles. The van der Waals surface area contributed by atoms with Crippen molar-refractivity contribution in [1.29, 1.82) is 0 Å². The second kappa shape index (κ2) is 9.62. The molecule has 1 atom stereocenters. The first-order valence-corrected chi connectivity index (χ1v) is 13.4. The van der Waals surface area contributed by atoms with Crippen LogP contribution in [0.15, 0.2) is 23.3 Å². The molecule has 0 saturated heterocycles. The van der Waals surface area contributed by atoms with Crippen molar-refractivity contribution in [2.24, 2.45) is 11.0 Å². The maximum absolute atomic E-state index is 14.9. The van der Waals surface area contributed by atoms with E-state index in [4.69, 9.17) is 20.8 Å². The minimum absolute atomic E-state index is 0.0808. The zero-order chi connectivity index (χ0) is 22.7. The molecule has 5 nitrogen and oxygen atoms in total. The van der Waals surface area contributed by atoms with E-state index in [1.807, 2.05) is 19.1 Å². The number of hydrogen-bond donors (Lipinski definition) is 1. The SMILES string of the molecule is Cc1cc(C2=NNC(=O)CC2C)c(F)c(Cl)c1OC/C=C\CO[Si](C)(C)C(C)(C)C. The van der Waals surface area contributed by atoms with Crippen LogP contribution >= 0.6 is 11.6 Å². The number of ether oxygens (including phenoxy) is 1. The van der Waals surface area contributed by atoms with Crippen molar-refractivity contribution in [3.8, 4) is 5.75 Å². The van der Waals surface area contributed by atoms with Crippen LogP contribution in [0.25, 0.3) is 0 Å². The van der Waals surface area contributed by atoms with Crippen LogP contribution in [0.3, 0.4) is 0 Å². The summed E-state index contributed by atoms with van der Waals surface area (Å²) in [6.45, 7) is 15.4. The van der Waals surface area contributed by atoms with Crippen molar-refractivity contribution < 1.29 is 18.3 Å². The zero-order valence-corrected chi connectivity index (χ0v) is 20.6. The highest BCUT2D eigenvalue weighted by molar-refractivity contribution is 6.74. The Morgan fingerprint density at radius 1 is 1.33 bits per heavy atom. The Bertz CT molecular complexity index is 863. The number of nitrogens with one attached hydrogen (secondary N) is 1. The number of halogens is 2. The number of benzene rings is 1. The molecular weight excluding hydrogens is 423 g/mol. The monoisotopic (exact) mass is 454 g/mol. The highest BCUT2D eigenvalue weighted by Gasteiger charge is 2.36. The van der Waals surface area contributed by atoms with E-state index in [0.717, 1.165) is 0 Å². The van der Waals surface area contributed by atoms with Crippen LogP contribution in [0.2, 0.25) is 23.2 Å². The van der Waals surface area contributed by atoms with Crippen LogP contribution in [-0.2, 0) is 9.22 Å². The number of nitrogens with zero attached hydrogens (tertiary/aromatic N) is 1. The first-order chi connectivity index (χ1) is 13.8. The minimum Gasteiger partial charge on any atom is -0.488 e. The van der Waals surface area contributed by atoms with E-state index in [1.165, 1.54) is 0 Å². The molecule has 1 aromatic rings. The Kier molecular flexibility index (Phi) is 7.88. The number of rotatable bonds is 7. The number of aryl methyl sites for hydroxylation is 1. The summed E-state index contributed by atoms with van der Waals surface area (Å²) in [6.07, 6.45) is 4.02. The summed E-state index contributed by atoms with van der Waals surface area (Å²) < 4.78 is 26.7. The molecule has 1 heterocycles. The number of hydrazone groups is 1. The third kappa shape index (κ3) is 5.71. The average Bonchev–Trinajstić information content (AvgIpc) is 2.63. The van der Waals surface area contributed by atoms with Crippen LogP contribution in [0.1, 0.15) is 45.2 Å². The molecule has 1 amide bonds. The average molecular weight is 455 g/mol. The summed E-state index contributed by atoms with van der Waals surface area (Å²) in [7, 11) is -1.79. The van der Waals surface area contributed by atoms with E-state index < -0.39 is 14.1 Å². The summed E-state index contributed by atoms with van der Waals surface area (Å²) in [4.78, 5) is 11.4. The second-order valence-electron chi connectivity index (χ2n) is 9.19. The standard InChI is InChI=1S/C22H32ClFN2O3Si/c1-14-13-17(27)25-26-20(14)16-12-15(2)21(18(23)19(16)24)28-10-8-9-11-29-30(6,7)22(3,4)5/h8-9,12,14H,10-11,13H2,1-7H3,(H,25,27)/b9-8-. The van der Waals surface area contributed by atoms with E-state index >= 15 is 0 Å². The van der Waals surface area contributed by atoms with Crippen molar-refractivity contribution in [3.05, 3.63) is 40.2 Å². The molecule has 166 valence electrons. The number of amides is 1. The summed E-state index contributed by atoms with van der Waals surface area (Å²) in [5.41, 5.74) is 3.87. The third-order valence-corrected chi connectivity index (χ3v) is 10.6. The molecule has 0 fully saturated rings. The normalized spacial score (nSPS) is 17.8. The van der Waals surface area contributed by atoms with Gasteiger partial charge >= 0.3 is 0 Å². The van der Waals surface area contributed by atoms with Gasteiger partial charge in [-0.3, -0.25) is 4.79 Å². The van der Waals surface area contributed by atoms with Gasteiger partial charge < -0.3 is 9.16 Å². The molecule has 1 aromatic carbocycles. The Labute approximate surface area is 184 Å². The first kappa shape index (κ1) is 24.6. The summed E-state index contributed by atoms with van der Waals surface area (Å²) in [6, 6.07) is 1.66. The van der Waals surface area contributed by atoms with Crippen LogP contribution in [-0.4, -0.2) is 33.2 Å². The maximum Gasteiger partial charge on any atom is 0.240 e. The van der Waals surface area contributed by atoms with E-state index in [-0.39, 0.29) is 40.5 Å². The molecule has 0 spiro atoms. The molecule has 1 aliphatic heterocycles. The van der Waals surface area contributed by atoms with Crippen molar-refractivity contribution >= 4 is 31.5 Å². The molecule has 2 rings (SSSR count).